The van der Waals surface area contributed by atoms with Crippen LogP contribution in [0.25, 0.3) is 10.9 Å². The molecule has 5 heteroatoms. The molecule has 1 fully saturated rings. The largest absolute Gasteiger partial charge is 0.483 e. The summed E-state index contributed by atoms with van der Waals surface area (Å²) < 4.78 is 5.64. The van der Waals surface area contributed by atoms with Crippen LogP contribution in [0.4, 0.5) is 0 Å². The number of carbonyl (C=O) groups is 2. The molecule has 1 aromatic carbocycles. The molecule has 2 aromatic rings. The van der Waals surface area contributed by atoms with Gasteiger partial charge in [-0.15, -0.1) is 0 Å². The molecule has 1 aromatic heterocycles. The number of aromatic nitrogens is 1. The van der Waals surface area contributed by atoms with Gasteiger partial charge in [0.25, 0.3) is 5.91 Å². The Labute approximate surface area is 122 Å². The predicted octanol–water partition coefficient (Wildman–Crippen LogP) is 1.81. The molecule has 0 spiro atoms. The van der Waals surface area contributed by atoms with Crippen LogP contribution >= 0.6 is 0 Å². The van der Waals surface area contributed by atoms with Gasteiger partial charge in [0.2, 0.25) is 0 Å². The molecule has 5 nitrogen and oxygen atoms in total. The number of fused-ring (bicyclic) bond motifs is 1. The van der Waals surface area contributed by atoms with Crippen LogP contribution in [0.1, 0.15) is 12.8 Å². The number of piperidine rings is 1. The molecule has 1 amide bonds. The molecule has 0 radical (unpaired) electrons. The molecule has 0 bridgehead atoms. The van der Waals surface area contributed by atoms with Gasteiger partial charge in [-0.3, -0.25) is 14.6 Å². The molecule has 21 heavy (non-hydrogen) atoms. The summed E-state index contributed by atoms with van der Waals surface area (Å²) >= 11 is 0. The van der Waals surface area contributed by atoms with Gasteiger partial charge in [0, 0.05) is 37.5 Å². The molecular formula is C16H16N2O3. The summed E-state index contributed by atoms with van der Waals surface area (Å²) in [6.45, 7) is 0.985. The summed E-state index contributed by atoms with van der Waals surface area (Å²) in [6.07, 6.45) is 2.62. The van der Waals surface area contributed by atoms with Crippen LogP contribution in [-0.2, 0) is 9.59 Å². The Morgan fingerprint density at radius 1 is 1.19 bits per heavy atom. The number of nitrogens with zero attached hydrogens (tertiary/aromatic N) is 2. The number of hydrogen-bond acceptors (Lipinski definition) is 4. The van der Waals surface area contributed by atoms with Crippen molar-refractivity contribution in [3.8, 4) is 5.75 Å². The van der Waals surface area contributed by atoms with E-state index in [4.69, 9.17) is 4.74 Å². The van der Waals surface area contributed by atoms with Crippen LogP contribution in [0, 0.1) is 0 Å². The smallest absolute Gasteiger partial charge is 0.260 e. The van der Waals surface area contributed by atoms with Crippen LogP contribution in [0.3, 0.4) is 0 Å². The molecule has 2 heterocycles. The first kappa shape index (κ1) is 13.5. The van der Waals surface area contributed by atoms with Gasteiger partial charge in [0.05, 0.1) is 5.52 Å². The SMILES string of the molecule is O=C1CCN(C(=O)COc2cccc3ncccc23)CC1. The highest BCUT2D eigenvalue weighted by atomic mass is 16.5. The van der Waals surface area contributed by atoms with Crippen molar-refractivity contribution in [1.29, 1.82) is 0 Å². The van der Waals surface area contributed by atoms with E-state index in [2.05, 4.69) is 4.98 Å². The molecule has 3 rings (SSSR count). The summed E-state index contributed by atoms with van der Waals surface area (Å²) in [5.41, 5.74) is 0.839. The number of ketones is 1. The van der Waals surface area contributed by atoms with Gasteiger partial charge in [0.15, 0.2) is 6.61 Å². The molecule has 1 aliphatic rings. The van der Waals surface area contributed by atoms with Crippen molar-refractivity contribution in [3.63, 3.8) is 0 Å². The molecule has 0 unspecified atom stereocenters. The lowest BCUT2D eigenvalue weighted by Gasteiger charge is -2.26. The van der Waals surface area contributed by atoms with Gasteiger partial charge in [-0.1, -0.05) is 6.07 Å². The Hall–Kier alpha value is -2.43. The van der Waals surface area contributed by atoms with E-state index in [0.717, 1.165) is 10.9 Å². The van der Waals surface area contributed by atoms with E-state index in [1.807, 2.05) is 30.3 Å². The molecule has 1 saturated heterocycles. The van der Waals surface area contributed by atoms with E-state index in [9.17, 15) is 9.59 Å². The Kier molecular flexibility index (Phi) is 3.81. The fourth-order valence-corrected chi connectivity index (χ4v) is 2.44. The minimum Gasteiger partial charge on any atom is -0.483 e. The first-order chi connectivity index (χ1) is 10.2. The zero-order valence-electron chi connectivity index (χ0n) is 11.6. The van der Waals surface area contributed by atoms with Gasteiger partial charge in [-0.2, -0.15) is 0 Å². The van der Waals surface area contributed by atoms with Gasteiger partial charge < -0.3 is 9.64 Å². The molecule has 0 N–H and O–H groups in total. The van der Waals surface area contributed by atoms with E-state index in [-0.39, 0.29) is 18.3 Å². The second kappa shape index (κ2) is 5.91. The maximum atomic E-state index is 12.1. The lowest BCUT2D eigenvalue weighted by Crippen LogP contribution is -2.41. The molecule has 1 aliphatic heterocycles. The van der Waals surface area contributed by atoms with E-state index >= 15 is 0 Å². The lowest BCUT2D eigenvalue weighted by molar-refractivity contribution is -0.136. The van der Waals surface area contributed by atoms with Crippen molar-refractivity contribution in [2.45, 2.75) is 12.8 Å². The third-order valence-corrected chi connectivity index (χ3v) is 3.63. The average molecular weight is 284 g/mol. The van der Waals surface area contributed by atoms with Crippen molar-refractivity contribution >= 4 is 22.6 Å². The minimum atomic E-state index is -0.0802. The van der Waals surface area contributed by atoms with Crippen molar-refractivity contribution < 1.29 is 14.3 Å². The van der Waals surface area contributed by atoms with E-state index < -0.39 is 0 Å². The fourth-order valence-electron chi connectivity index (χ4n) is 2.44. The maximum Gasteiger partial charge on any atom is 0.260 e. The maximum absolute atomic E-state index is 12.1. The Balaban J connectivity index is 1.66. The molecular weight excluding hydrogens is 268 g/mol. The van der Waals surface area contributed by atoms with Gasteiger partial charge in [-0.25, -0.2) is 0 Å². The summed E-state index contributed by atoms with van der Waals surface area (Å²) in [5.74, 6) is 0.797. The van der Waals surface area contributed by atoms with Crippen molar-refractivity contribution in [1.82, 2.24) is 9.88 Å². The second-order valence-electron chi connectivity index (χ2n) is 5.03. The van der Waals surface area contributed by atoms with Crippen molar-refractivity contribution in [2.24, 2.45) is 0 Å². The zero-order chi connectivity index (χ0) is 14.7. The quantitative estimate of drug-likeness (QED) is 0.862. The third-order valence-electron chi connectivity index (χ3n) is 3.63. The standard InChI is InChI=1S/C16H16N2O3/c19-12-6-9-18(10-7-12)16(20)11-21-15-5-1-4-14-13(15)3-2-8-17-14/h1-5,8H,6-7,9-11H2. The van der Waals surface area contributed by atoms with Gasteiger partial charge in [-0.05, 0) is 24.3 Å². The second-order valence-corrected chi connectivity index (χ2v) is 5.03. The predicted molar refractivity (Wildman–Crippen MR) is 78.1 cm³/mol. The summed E-state index contributed by atoms with van der Waals surface area (Å²) in [7, 11) is 0. The van der Waals surface area contributed by atoms with Crippen LogP contribution < -0.4 is 4.74 Å². The molecule has 0 atom stereocenters. The highest BCUT2D eigenvalue weighted by Crippen LogP contribution is 2.23. The highest BCUT2D eigenvalue weighted by molar-refractivity contribution is 5.86. The molecule has 0 saturated carbocycles. The Morgan fingerprint density at radius 3 is 2.81 bits per heavy atom. The third kappa shape index (κ3) is 3.02. The van der Waals surface area contributed by atoms with E-state index in [1.165, 1.54) is 0 Å². The number of hydrogen-bond donors (Lipinski definition) is 0. The lowest BCUT2D eigenvalue weighted by atomic mass is 10.1. The van der Waals surface area contributed by atoms with Crippen LogP contribution in [0.5, 0.6) is 5.75 Å². The monoisotopic (exact) mass is 284 g/mol. The van der Waals surface area contributed by atoms with E-state index in [0.29, 0.717) is 31.7 Å². The normalized spacial score (nSPS) is 15.2. The van der Waals surface area contributed by atoms with Crippen molar-refractivity contribution in [2.75, 3.05) is 19.7 Å². The number of Topliss-reactive ketones (excluding diaryl/α,β-unsaturated/α-hetero) is 1. The topological polar surface area (TPSA) is 59.5 Å². The number of carbonyl (C=O) groups excluding carboxylic acids is 2. The summed E-state index contributed by atoms with van der Waals surface area (Å²) in [5, 5.41) is 0.890. The highest BCUT2D eigenvalue weighted by Gasteiger charge is 2.21. The number of benzene rings is 1. The fraction of sp³-hybridized carbons (Fsp3) is 0.312. The van der Waals surface area contributed by atoms with Crippen molar-refractivity contribution in [3.05, 3.63) is 36.5 Å². The first-order valence-corrected chi connectivity index (χ1v) is 7.00. The summed E-state index contributed by atoms with van der Waals surface area (Å²) in [4.78, 5) is 29.2. The molecule has 108 valence electrons. The number of likely N-dealkylation sites (tertiary alicyclic amines) is 1. The number of amides is 1. The minimum absolute atomic E-state index is 0.0117. The van der Waals surface area contributed by atoms with Gasteiger partial charge >= 0.3 is 0 Å². The summed E-state index contributed by atoms with van der Waals surface area (Å²) in [6, 6.07) is 9.35. The number of rotatable bonds is 3. The van der Waals surface area contributed by atoms with Crippen LogP contribution in [-0.4, -0.2) is 41.3 Å². The zero-order valence-corrected chi connectivity index (χ0v) is 11.6. The first-order valence-electron chi connectivity index (χ1n) is 7.00. The number of pyridine rings is 1. The van der Waals surface area contributed by atoms with Crippen LogP contribution in [0.15, 0.2) is 36.5 Å². The Bertz CT molecular complexity index is 669. The van der Waals surface area contributed by atoms with Crippen LogP contribution in [0.2, 0.25) is 0 Å². The molecule has 0 aliphatic carbocycles. The average Bonchev–Trinajstić information content (AvgIpc) is 2.53. The van der Waals surface area contributed by atoms with Gasteiger partial charge in [0.1, 0.15) is 11.5 Å². The Morgan fingerprint density at radius 2 is 2.00 bits per heavy atom. The van der Waals surface area contributed by atoms with E-state index in [1.54, 1.807) is 11.1 Å². The number of ether oxygens (including phenoxy) is 1.